The Hall–Kier alpha value is -2.37. The summed E-state index contributed by atoms with van der Waals surface area (Å²) in [4.78, 5) is 30.6. The van der Waals surface area contributed by atoms with Crippen LogP contribution >= 0.6 is 23.1 Å². The van der Waals surface area contributed by atoms with Gasteiger partial charge in [-0.05, 0) is 68.1 Å². The molecule has 0 radical (unpaired) electrons. The first-order valence-electron chi connectivity index (χ1n) is 10.8. The van der Waals surface area contributed by atoms with Gasteiger partial charge in [-0.1, -0.05) is 25.1 Å². The molecule has 4 rings (SSSR count). The minimum atomic E-state index is -0.491. The molecular weight excluding hydrogens is 428 g/mol. The highest BCUT2D eigenvalue weighted by molar-refractivity contribution is 8.00. The number of aryl methyl sites for hydroxylation is 2. The highest BCUT2D eigenvalue weighted by Crippen LogP contribution is 2.39. The zero-order valence-corrected chi connectivity index (χ0v) is 19.3. The number of hydrogen-bond donors (Lipinski definition) is 2. The summed E-state index contributed by atoms with van der Waals surface area (Å²) in [6.45, 7) is 2.20. The van der Waals surface area contributed by atoms with E-state index in [1.165, 1.54) is 29.5 Å². The number of pyridine rings is 1. The van der Waals surface area contributed by atoms with E-state index in [1.807, 2.05) is 6.07 Å². The average molecular weight is 455 g/mol. The van der Waals surface area contributed by atoms with Crippen molar-refractivity contribution in [2.45, 2.75) is 63.3 Å². The number of anilines is 1. The van der Waals surface area contributed by atoms with E-state index < -0.39 is 5.91 Å². The van der Waals surface area contributed by atoms with Crippen LogP contribution in [0.3, 0.4) is 0 Å². The second-order valence-electron chi connectivity index (χ2n) is 8.38. The van der Waals surface area contributed by atoms with Crippen molar-refractivity contribution in [1.29, 1.82) is 5.26 Å². The van der Waals surface area contributed by atoms with Crippen LogP contribution < -0.4 is 11.1 Å². The van der Waals surface area contributed by atoms with Crippen LogP contribution in [-0.2, 0) is 30.5 Å². The van der Waals surface area contributed by atoms with Crippen molar-refractivity contribution in [3.63, 3.8) is 0 Å². The maximum Gasteiger partial charge on any atom is 0.251 e. The summed E-state index contributed by atoms with van der Waals surface area (Å²) < 4.78 is 0. The van der Waals surface area contributed by atoms with Gasteiger partial charge >= 0.3 is 0 Å². The molecule has 2 amide bonds. The fourth-order valence-electron chi connectivity index (χ4n) is 4.38. The Balaban J connectivity index is 1.49. The molecule has 6 nitrogen and oxygen atoms in total. The van der Waals surface area contributed by atoms with Gasteiger partial charge in [0.05, 0.1) is 16.9 Å². The highest BCUT2D eigenvalue weighted by atomic mass is 32.2. The van der Waals surface area contributed by atoms with E-state index in [9.17, 15) is 14.9 Å². The fraction of sp³-hybridized carbons (Fsp3) is 0.478. The zero-order valence-electron chi connectivity index (χ0n) is 17.6. The van der Waals surface area contributed by atoms with Crippen LogP contribution in [0.25, 0.3) is 0 Å². The summed E-state index contributed by atoms with van der Waals surface area (Å²) in [5.74, 6) is -0.0268. The number of fused-ring (bicyclic) bond motifs is 2. The van der Waals surface area contributed by atoms with Crippen LogP contribution in [0.15, 0.2) is 11.1 Å². The van der Waals surface area contributed by atoms with Gasteiger partial charge in [0.15, 0.2) is 0 Å². The van der Waals surface area contributed by atoms with E-state index in [2.05, 4.69) is 18.3 Å². The predicted molar refractivity (Wildman–Crippen MR) is 124 cm³/mol. The first-order chi connectivity index (χ1) is 15.0. The predicted octanol–water partition coefficient (Wildman–Crippen LogP) is 4.24. The van der Waals surface area contributed by atoms with E-state index in [-0.39, 0.29) is 11.7 Å². The molecule has 162 valence electrons. The lowest BCUT2D eigenvalue weighted by molar-refractivity contribution is -0.113. The lowest BCUT2D eigenvalue weighted by atomic mass is 9.88. The number of nitrogens with one attached hydrogen (secondary N) is 1. The molecule has 0 saturated heterocycles. The second-order valence-corrected chi connectivity index (χ2v) is 10.4. The number of thiophene rings is 1. The molecule has 0 saturated carbocycles. The number of carbonyl (C=O) groups is 2. The Kier molecular flexibility index (Phi) is 6.63. The molecular formula is C23H26N4O2S2. The Morgan fingerprint density at radius 2 is 2.13 bits per heavy atom. The Morgan fingerprint density at radius 1 is 1.32 bits per heavy atom. The number of carbonyl (C=O) groups excluding carboxylic acids is 2. The molecule has 0 aliphatic heterocycles. The van der Waals surface area contributed by atoms with E-state index >= 15 is 0 Å². The molecule has 1 atom stereocenters. The van der Waals surface area contributed by atoms with Gasteiger partial charge in [-0.15, -0.1) is 11.3 Å². The molecule has 0 unspecified atom stereocenters. The van der Waals surface area contributed by atoms with Gasteiger partial charge in [-0.2, -0.15) is 5.26 Å². The summed E-state index contributed by atoms with van der Waals surface area (Å²) in [6, 6.07) is 4.16. The lowest BCUT2D eigenvalue weighted by Gasteiger charge is -2.18. The van der Waals surface area contributed by atoms with Crippen molar-refractivity contribution >= 4 is 39.9 Å². The third-order valence-electron chi connectivity index (χ3n) is 5.99. The largest absolute Gasteiger partial charge is 0.365 e. The van der Waals surface area contributed by atoms with E-state index in [0.717, 1.165) is 66.6 Å². The molecule has 0 fully saturated rings. The van der Waals surface area contributed by atoms with Gasteiger partial charge in [-0.25, -0.2) is 4.98 Å². The standard InChI is InChI=1S/C23H26N4O2S2/c1-13-7-8-16-18(9-13)31-23(20(16)21(25)29)27-19(28)12-30-22-15(11-24)10-14-5-3-2-4-6-17(14)26-22/h10,13H,2-9,12H2,1H3,(H2,25,29)(H,27,28)/t13-/m1/s1. The van der Waals surface area contributed by atoms with E-state index in [4.69, 9.17) is 10.7 Å². The van der Waals surface area contributed by atoms with Crippen LogP contribution in [0.2, 0.25) is 0 Å². The Labute approximate surface area is 190 Å². The minimum absolute atomic E-state index is 0.123. The van der Waals surface area contributed by atoms with Gasteiger partial charge in [0.25, 0.3) is 5.91 Å². The molecule has 2 aliphatic rings. The van der Waals surface area contributed by atoms with Gasteiger partial charge < -0.3 is 11.1 Å². The van der Waals surface area contributed by atoms with Crippen molar-refractivity contribution in [2.75, 3.05) is 11.1 Å². The summed E-state index contributed by atoms with van der Waals surface area (Å²) in [6.07, 6.45) is 8.04. The summed E-state index contributed by atoms with van der Waals surface area (Å²) in [5, 5.41) is 13.6. The van der Waals surface area contributed by atoms with Crippen molar-refractivity contribution in [3.05, 3.63) is 38.9 Å². The first kappa shape index (κ1) is 21.8. The number of primary amides is 1. The smallest absolute Gasteiger partial charge is 0.251 e. The monoisotopic (exact) mass is 454 g/mol. The number of hydrogen-bond acceptors (Lipinski definition) is 6. The molecule has 2 heterocycles. The number of nitrogens with zero attached hydrogens (tertiary/aromatic N) is 2. The maximum absolute atomic E-state index is 12.7. The Bertz CT molecular complexity index is 1070. The number of rotatable bonds is 5. The summed E-state index contributed by atoms with van der Waals surface area (Å²) in [7, 11) is 0. The van der Waals surface area contributed by atoms with Gasteiger partial charge in [0.2, 0.25) is 5.91 Å². The third-order valence-corrected chi connectivity index (χ3v) is 8.15. The van der Waals surface area contributed by atoms with Crippen molar-refractivity contribution in [3.8, 4) is 6.07 Å². The van der Waals surface area contributed by atoms with E-state index in [1.54, 1.807) is 0 Å². The maximum atomic E-state index is 12.7. The van der Waals surface area contributed by atoms with Crippen molar-refractivity contribution in [1.82, 2.24) is 4.98 Å². The molecule has 2 aliphatic carbocycles. The quantitative estimate of drug-likeness (QED) is 0.519. The van der Waals surface area contributed by atoms with Crippen LogP contribution in [0.4, 0.5) is 5.00 Å². The minimum Gasteiger partial charge on any atom is -0.365 e. The van der Waals surface area contributed by atoms with Crippen LogP contribution in [0, 0.1) is 17.2 Å². The van der Waals surface area contributed by atoms with Crippen LogP contribution in [0.1, 0.15) is 70.2 Å². The van der Waals surface area contributed by atoms with Gasteiger partial charge in [-0.3, -0.25) is 9.59 Å². The van der Waals surface area contributed by atoms with E-state index in [0.29, 0.717) is 27.1 Å². The van der Waals surface area contributed by atoms with Crippen molar-refractivity contribution in [2.24, 2.45) is 11.7 Å². The topological polar surface area (TPSA) is 109 Å². The molecule has 2 aromatic heterocycles. The first-order valence-corrected chi connectivity index (χ1v) is 12.6. The van der Waals surface area contributed by atoms with Crippen LogP contribution in [0.5, 0.6) is 0 Å². The summed E-state index contributed by atoms with van der Waals surface area (Å²) >= 11 is 2.73. The Morgan fingerprint density at radius 3 is 2.90 bits per heavy atom. The summed E-state index contributed by atoms with van der Waals surface area (Å²) in [5.41, 5.74) is 9.84. The van der Waals surface area contributed by atoms with Crippen LogP contribution in [-0.4, -0.2) is 22.6 Å². The number of amides is 2. The van der Waals surface area contributed by atoms with Gasteiger partial charge in [0.1, 0.15) is 16.1 Å². The lowest BCUT2D eigenvalue weighted by Crippen LogP contribution is -2.20. The number of thioether (sulfide) groups is 1. The second kappa shape index (κ2) is 9.41. The average Bonchev–Trinajstić information content (AvgIpc) is 2.92. The number of nitriles is 1. The molecule has 3 N–H and O–H groups in total. The van der Waals surface area contributed by atoms with Gasteiger partial charge in [0, 0.05) is 10.6 Å². The normalized spacial score (nSPS) is 17.7. The SMILES string of the molecule is C[C@@H]1CCc2c(sc(NC(=O)CSc3nc4c(cc3C#N)CCCCC4)c2C(N)=O)C1. The molecule has 2 aromatic rings. The molecule has 0 aromatic carbocycles. The van der Waals surface area contributed by atoms with Crippen molar-refractivity contribution < 1.29 is 9.59 Å². The molecule has 0 spiro atoms. The highest BCUT2D eigenvalue weighted by Gasteiger charge is 2.27. The number of aromatic nitrogens is 1. The third kappa shape index (κ3) is 4.78. The molecule has 0 bridgehead atoms. The number of nitrogens with two attached hydrogens (primary N) is 1. The molecule has 8 heteroatoms. The fourth-order valence-corrected chi connectivity index (χ4v) is 6.58. The molecule has 31 heavy (non-hydrogen) atoms. The zero-order chi connectivity index (χ0) is 22.0.